The van der Waals surface area contributed by atoms with Gasteiger partial charge in [-0.2, -0.15) is 0 Å². The Morgan fingerprint density at radius 1 is 1.14 bits per heavy atom. The molecule has 2 aliphatic carbocycles. The molecular weight excluding hydrogens is 497 g/mol. The van der Waals surface area contributed by atoms with Gasteiger partial charge in [-0.1, -0.05) is 37.8 Å². The third kappa shape index (κ3) is 4.77. The zero-order valence-electron chi connectivity index (χ0n) is 20.8. The molecule has 1 unspecified atom stereocenters. The monoisotopic (exact) mass is 527 g/mol. The van der Waals surface area contributed by atoms with Crippen LogP contribution < -0.4 is 10.8 Å². The highest BCUT2D eigenvalue weighted by Gasteiger charge is 2.40. The smallest absolute Gasteiger partial charge is 0.351 e. The summed E-state index contributed by atoms with van der Waals surface area (Å²) in [5.74, 6) is 1.85. The minimum Gasteiger partial charge on any atom is -0.351 e. The maximum atomic E-state index is 16.6. The summed E-state index contributed by atoms with van der Waals surface area (Å²) in [5, 5.41) is 3.10. The number of nitrogens with zero attached hydrogens (tertiary/aromatic N) is 5. The largest absolute Gasteiger partial charge is 0.427 e. The van der Waals surface area contributed by atoms with Crippen molar-refractivity contribution in [3.63, 3.8) is 0 Å². The number of alkyl halides is 1. The van der Waals surface area contributed by atoms with E-state index in [1.54, 1.807) is 18.5 Å². The van der Waals surface area contributed by atoms with Crippen LogP contribution in [0, 0.1) is 11.8 Å². The van der Waals surface area contributed by atoms with Crippen molar-refractivity contribution in [1.29, 1.82) is 0 Å². The summed E-state index contributed by atoms with van der Waals surface area (Å²) < 4.78 is 18.7. The van der Waals surface area contributed by atoms with Crippen molar-refractivity contribution in [2.24, 2.45) is 11.8 Å². The predicted octanol–water partition coefficient (Wildman–Crippen LogP) is 5.74. The third-order valence-electron chi connectivity index (χ3n) is 8.01. The van der Waals surface area contributed by atoms with E-state index in [2.05, 4.69) is 22.7 Å². The number of nitrogens with one attached hydrogen (secondary N) is 2. The molecule has 0 radical (unpaired) electrons. The number of rotatable bonds is 5. The molecule has 1 atom stereocenters. The number of aromatic nitrogens is 5. The second kappa shape index (κ2) is 9.79. The van der Waals surface area contributed by atoms with E-state index in [4.69, 9.17) is 31.4 Å². The fourth-order valence-electron chi connectivity index (χ4n) is 5.96. The minimum atomic E-state index is -1.52. The first-order valence-corrected chi connectivity index (χ1v) is 13.6. The number of carbonyl (C=O) groups is 1. The van der Waals surface area contributed by atoms with Gasteiger partial charge in [-0.05, 0) is 56.4 Å². The molecule has 0 spiro atoms. The Labute approximate surface area is 219 Å². The number of hydrogen-bond donors (Lipinski definition) is 2. The number of hydrogen-bond acceptors (Lipinski definition) is 7. The molecule has 37 heavy (non-hydrogen) atoms. The van der Waals surface area contributed by atoms with Crippen molar-refractivity contribution in [2.45, 2.75) is 83.1 Å². The molecule has 2 saturated carbocycles. The molecule has 1 aliphatic heterocycles. The maximum Gasteiger partial charge on any atom is 0.427 e. The lowest BCUT2D eigenvalue weighted by molar-refractivity contribution is 0.0891. The van der Waals surface area contributed by atoms with Gasteiger partial charge >= 0.3 is 6.09 Å². The van der Waals surface area contributed by atoms with Crippen LogP contribution in [0.5, 0.6) is 0 Å². The van der Waals surface area contributed by atoms with Gasteiger partial charge in [0.2, 0.25) is 0 Å². The van der Waals surface area contributed by atoms with E-state index in [-0.39, 0.29) is 5.82 Å². The number of amides is 1. The Balaban J connectivity index is 1.55. The van der Waals surface area contributed by atoms with Crippen molar-refractivity contribution in [3.8, 4) is 11.3 Å². The Morgan fingerprint density at radius 3 is 2.62 bits per heavy atom. The second-order valence-electron chi connectivity index (χ2n) is 10.8. The van der Waals surface area contributed by atoms with Crippen LogP contribution in [0.2, 0.25) is 5.02 Å². The molecule has 3 aromatic heterocycles. The fourth-order valence-corrected chi connectivity index (χ4v) is 6.13. The van der Waals surface area contributed by atoms with Crippen molar-refractivity contribution in [2.75, 3.05) is 0 Å². The molecule has 3 fully saturated rings. The van der Waals surface area contributed by atoms with Crippen molar-refractivity contribution >= 4 is 28.9 Å². The van der Waals surface area contributed by atoms with Gasteiger partial charge in [0.05, 0.1) is 5.02 Å². The molecule has 2 N–H and O–H groups in total. The molecule has 4 heterocycles. The van der Waals surface area contributed by atoms with Crippen LogP contribution in [0.4, 0.5) is 9.18 Å². The summed E-state index contributed by atoms with van der Waals surface area (Å²) in [4.78, 5) is 35.2. The zero-order valence-corrected chi connectivity index (χ0v) is 21.6. The van der Waals surface area contributed by atoms with Crippen LogP contribution in [0.25, 0.3) is 22.4 Å². The minimum absolute atomic E-state index is 0.271. The van der Waals surface area contributed by atoms with Gasteiger partial charge in [0, 0.05) is 24.5 Å². The van der Waals surface area contributed by atoms with E-state index in [9.17, 15) is 4.79 Å². The Kier molecular flexibility index (Phi) is 6.48. The van der Waals surface area contributed by atoms with Crippen LogP contribution >= 0.6 is 11.6 Å². The van der Waals surface area contributed by atoms with Gasteiger partial charge < -0.3 is 9.40 Å². The Hall–Kier alpha value is -2.85. The SMILES string of the molecule is CC1CCC(Cn2c(C3(F)CCCCC3)nc3nc(C4NOC(=O)N4)nc(-c4cncc(Cl)c4)c32)CC1. The number of carbonyl (C=O) groups excluding carboxylic acids is 1. The Morgan fingerprint density at radius 2 is 1.92 bits per heavy atom. The van der Waals surface area contributed by atoms with Gasteiger partial charge in [-0.15, -0.1) is 5.48 Å². The first kappa shape index (κ1) is 24.5. The molecule has 11 heteroatoms. The Bertz CT molecular complexity index is 1320. The zero-order chi connectivity index (χ0) is 25.6. The first-order valence-electron chi connectivity index (χ1n) is 13.2. The highest BCUT2D eigenvalue weighted by molar-refractivity contribution is 6.30. The summed E-state index contributed by atoms with van der Waals surface area (Å²) in [6.07, 6.45) is 9.98. The lowest BCUT2D eigenvalue weighted by atomic mass is 9.82. The van der Waals surface area contributed by atoms with Gasteiger partial charge in [0.25, 0.3) is 0 Å². The van der Waals surface area contributed by atoms with Gasteiger partial charge in [-0.25, -0.2) is 24.1 Å². The van der Waals surface area contributed by atoms with Crippen molar-refractivity contribution < 1.29 is 14.0 Å². The molecule has 1 amide bonds. The van der Waals surface area contributed by atoms with E-state index < -0.39 is 17.9 Å². The topological polar surface area (TPSA) is 107 Å². The molecule has 0 aromatic carbocycles. The predicted molar refractivity (Wildman–Crippen MR) is 136 cm³/mol. The lowest BCUT2D eigenvalue weighted by Crippen LogP contribution is -2.29. The maximum absolute atomic E-state index is 16.6. The van der Waals surface area contributed by atoms with E-state index in [1.165, 1.54) is 12.8 Å². The standard InChI is InChI=1S/C26H31ClFN7O2/c1-15-5-7-16(8-6-15)14-35-20-19(17-11-18(27)13-29-12-17)30-22(23-33-25(36)37-34-23)31-21(20)32-24(35)26(28)9-3-2-4-10-26/h11-13,15-16,23,34H,2-10,14H2,1H3,(H,33,36). The van der Waals surface area contributed by atoms with Gasteiger partial charge in [0.15, 0.2) is 23.3 Å². The summed E-state index contributed by atoms with van der Waals surface area (Å²) in [6.45, 7) is 2.96. The molecule has 0 bridgehead atoms. The normalized spacial score (nSPS) is 25.7. The van der Waals surface area contributed by atoms with Crippen molar-refractivity contribution in [1.82, 2.24) is 35.3 Å². The van der Waals surface area contributed by atoms with Crippen LogP contribution in [0.15, 0.2) is 18.5 Å². The lowest BCUT2D eigenvalue weighted by Gasteiger charge is -2.32. The molecule has 9 nitrogen and oxygen atoms in total. The quantitative estimate of drug-likeness (QED) is 0.435. The molecule has 3 aromatic rings. The van der Waals surface area contributed by atoms with Gasteiger partial charge in [0.1, 0.15) is 17.0 Å². The highest BCUT2D eigenvalue weighted by Crippen LogP contribution is 2.43. The summed E-state index contributed by atoms with van der Waals surface area (Å²) in [5.41, 5.74) is 3.38. The van der Waals surface area contributed by atoms with E-state index >= 15 is 4.39 Å². The van der Waals surface area contributed by atoms with Gasteiger partial charge in [-0.3, -0.25) is 10.3 Å². The van der Waals surface area contributed by atoms with Crippen LogP contribution in [0.3, 0.4) is 0 Å². The van der Waals surface area contributed by atoms with Crippen LogP contribution in [-0.4, -0.2) is 30.6 Å². The highest BCUT2D eigenvalue weighted by atomic mass is 35.5. The van der Waals surface area contributed by atoms with E-state index in [0.29, 0.717) is 58.6 Å². The average molecular weight is 528 g/mol. The number of halogens is 2. The average Bonchev–Trinajstić information content (AvgIpc) is 3.49. The summed E-state index contributed by atoms with van der Waals surface area (Å²) in [6, 6.07) is 1.78. The molecule has 3 aliphatic rings. The number of pyridine rings is 1. The molecular formula is C26H31ClFN7O2. The summed E-state index contributed by atoms with van der Waals surface area (Å²) >= 11 is 6.31. The number of fused-ring (bicyclic) bond motifs is 1. The van der Waals surface area contributed by atoms with Crippen molar-refractivity contribution in [3.05, 3.63) is 35.1 Å². The second-order valence-corrected chi connectivity index (χ2v) is 11.2. The van der Waals surface area contributed by atoms with E-state index in [1.807, 2.05) is 4.57 Å². The number of hydroxylamine groups is 1. The molecule has 1 saturated heterocycles. The fraction of sp³-hybridized carbons (Fsp3) is 0.577. The third-order valence-corrected chi connectivity index (χ3v) is 8.22. The first-order chi connectivity index (χ1) is 17.9. The van der Waals surface area contributed by atoms with E-state index in [0.717, 1.165) is 38.0 Å². The molecule has 6 rings (SSSR count). The number of imidazole rings is 1. The van der Waals surface area contributed by atoms with Crippen LogP contribution in [0.1, 0.15) is 82.5 Å². The summed E-state index contributed by atoms with van der Waals surface area (Å²) in [7, 11) is 0. The van der Waals surface area contributed by atoms with Crippen LogP contribution in [-0.2, 0) is 17.1 Å². The molecule has 196 valence electrons.